The van der Waals surface area contributed by atoms with Gasteiger partial charge >= 0.3 is 0 Å². The van der Waals surface area contributed by atoms with Crippen LogP contribution in [0.1, 0.15) is 53.0 Å². The number of aliphatic hydroxyl groups is 1. The summed E-state index contributed by atoms with van der Waals surface area (Å²) in [6.45, 7) is 0.645. The predicted molar refractivity (Wildman–Crippen MR) is 126 cm³/mol. The lowest BCUT2D eigenvalue weighted by atomic mass is 9.92. The van der Waals surface area contributed by atoms with E-state index in [0.717, 1.165) is 59.0 Å². The molecule has 0 spiro atoms. The van der Waals surface area contributed by atoms with Gasteiger partial charge in [-0.3, -0.25) is 9.78 Å². The van der Waals surface area contributed by atoms with Crippen molar-refractivity contribution in [2.45, 2.75) is 44.2 Å². The second kappa shape index (κ2) is 9.19. The van der Waals surface area contributed by atoms with Gasteiger partial charge in [0.2, 0.25) is 6.20 Å². The van der Waals surface area contributed by atoms with Crippen molar-refractivity contribution in [3.05, 3.63) is 77.4 Å². The normalized spacial score (nSPS) is 20.4. The van der Waals surface area contributed by atoms with Crippen molar-refractivity contribution in [1.29, 1.82) is 0 Å². The first-order valence-corrected chi connectivity index (χ1v) is 11.5. The van der Waals surface area contributed by atoms with E-state index in [0.29, 0.717) is 18.7 Å². The zero-order valence-electron chi connectivity index (χ0n) is 18.7. The number of aliphatic hydroxyl groups excluding tert-OH is 1. The summed E-state index contributed by atoms with van der Waals surface area (Å²) < 4.78 is 1.81. The number of benzene rings is 1. The molecule has 0 radical (unpaired) electrons. The monoisotopic (exact) mass is 442 g/mol. The van der Waals surface area contributed by atoms with Crippen LogP contribution in [0.5, 0.6) is 0 Å². The number of pyridine rings is 2. The lowest BCUT2D eigenvalue weighted by molar-refractivity contribution is -0.491. The number of nitrogens with one attached hydrogen (secondary N) is 1. The standard InChI is InChI=1S/C26H27N5O2/c1-31-16-19(15-28-31)21-11-10-17(14-27-21)12-18-13-24(29-22-7-3-2-6-20(18)22)26(33)30-23-8-4-5-9-25(23)32/h2-3,6-7,10-11,13-14,16,23,25,32H,4-5,8-9,12,15H2,1H3/p+1/t23-,25+/m0/s1. The van der Waals surface area contributed by atoms with Crippen molar-refractivity contribution in [2.24, 2.45) is 5.11 Å². The van der Waals surface area contributed by atoms with E-state index >= 15 is 0 Å². The molecule has 1 aliphatic heterocycles. The van der Waals surface area contributed by atoms with Crippen molar-refractivity contribution in [2.75, 3.05) is 13.6 Å². The Morgan fingerprint density at radius 1 is 1.18 bits per heavy atom. The van der Waals surface area contributed by atoms with Gasteiger partial charge in [0.25, 0.3) is 5.91 Å². The third-order valence-corrected chi connectivity index (χ3v) is 6.44. The van der Waals surface area contributed by atoms with Crippen molar-refractivity contribution in [3.8, 4) is 0 Å². The molecule has 7 nitrogen and oxygen atoms in total. The second-order valence-electron chi connectivity index (χ2n) is 8.87. The molecule has 0 unspecified atom stereocenters. The highest BCUT2D eigenvalue weighted by Crippen LogP contribution is 2.24. The summed E-state index contributed by atoms with van der Waals surface area (Å²) in [5, 5.41) is 18.6. The second-order valence-corrected chi connectivity index (χ2v) is 8.87. The molecule has 1 fully saturated rings. The van der Waals surface area contributed by atoms with Crippen LogP contribution in [-0.2, 0) is 6.42 Å². The highest BCUT2D eigenvalue weighted by Gasteiger charge is 2.25. The molecular weight excluding hydrogens is 414 g/mol. The molecule has 0 saturated heterocycles. The molecule has 1 aliphatic carbocycles. The Morgan fingerprint density at radius 3 is 2.79 bits per heavy atom. The van der Waals surface area contributed by atoms with Crippen LogP contribution in [0.2, 0.25) is 0 Å². The molecule has 1 amide bonds. The highest BCUT2D eigenvalue weighted by molar-refractivity contribution is 5.96. The van der Waals surface area contributed by atoms with Crippen molar-refractivity contribution >= 4 is 22.4 Å². The van der Waals surface area contributed by atoms with Crippen molar-refractivity contribution in [1.82, 2.24) is 15.3 Å². The molecule has 7 heteroatoms. The maximum absolute atomic E-state index is 13.0. The molecular formula is C26H28N5O2+. The van der Waals surface area contributed by atoms with Crippen LogP contribution in [-0.4, -0.2) is 51.4 Å². The fourth-order valence-corrected chi connectivity index (χ4v) is 4.61. The van der Waals surface area contributed by atoms with E-state index in [1.54, 1.807) is 0 Å². The zero-order chi connectivity index (χ0) is 22.8. The van der Waals surface area contributed by atoms with Gasteiger partial charge in [0.15, 0.2) is 7.05 Å². The van der Waals surface area contributed by atoms with E-state index < -0.39 is 6.10 Å². The number of hydrogen-bond donors (Lipinski definition) is 2. The molecule has 2 aliphatic rings. The molecule has 3 aromatic rings. The molecule has 3 heterocycles. The van der Waals surface area contributed by atoms with E-state index in [1.165, 1.54) is 0 Å². The fourth-order valence-electron chi connectivity index (χ4n) is 4.61. The summed E-state index contributed by atoms with van der Waals surface area (Å²) in [5.74, 6) is -0.234. The number of para-hydroxylation sites is 1. The van der Waals surface area contributed by atoms with E-state index in [9.17, 15) is 9.90 Å². The van der Waals surface area contributed by atoms with Gasteiger partial charge in [-0.1, -0.05) is 41.8 Å². The van der Waals surface area contributed by atoms with E-state index in [1.807, 2.05) is 60.5 Å². The summed E-state index contributed by atoms with van der Waals surface area (Å²) >= 11 is 0. The van der Waals surface area contributed by atoms with Gasteiger partial charge in [-0.05, 0) is 53.7 Å². The van der Waals surface area contributed by atoms with Gasteiger partial charge in [0.05, 0.1) is 28.9 Å². The lowest BCUT2D eigenvalue weighted by Gasteiger charge is -2.28. The van der Waals surface area contributed by atoms with Crippen LogP contribution in [0, 0.1) is 0 Å². The lowest BCUT2D eigenvalue weighted by Crippen LogP contribution is -2.45. The number of carbonyl (C=O) groups is 1. The van der Waals surface area contributed by atoms with Crippen LogP contribution in [0.15, 0.2) is 60.0 Å². The molecule has 5 rings (SSSR count). The highest BCUT2D eigenvalue weighted by atomic mass is 16.3. The SMILES string of the molecule is C[N+]1=NCC(c2ccc(Cc3cc(C(=O)N[C@H]4CCCC[C@H]4O)nc4ccccc34)cn2)=C1. The number of carbonyl (C=O) groups excluding carboxylic acids is 1. The molecule has 0 bridgehead atoms. The first-order valence-electron chi connectivity index (χ1n) is 11.5. The van der Waals surface area contributed by atoms with Crippen molar-refractivity contribution < 1.29 is 14.6 Å². The zero-order valence-corrected chi connectivity index (χ0v) is 18.7. The molecule has 33 heavy (non-hydrogen) atoms. The molecule has 2 atom stereocenters. The summed E-state index contributed by atoms with van der Waals surface area (Å²) in [6, 6.07) is 13.6. The largest absolute Gasteiger partial charge is 0.391 e. The molecule has 168 valence electrons. The van der Waals surface area contributed by atoms with Crippen LogP contribution >= 0.6 is 0 Å². The molecule has 2 N–H and O–H groups in total. The Hall–Kier alpha value is -3.45. The minimum atomic E-state index is -0.491. The Kier molecular flexibility index (Phi) is 5.96. The number of nitrogens with zero attached hydrogens (tertiary/aromatic N) is 4. The summed E-state index contributed by atoms with van der Waals surface area (Å²) in [5.41, 5.74) is 5.29. The van der Waals surface area contributed by atoms with E-state index in [-0.39, 0.29) is 11.9 Å². The number of aromatic nitrogens is 2. The average molecular weight is 443 g/mol. The van der Waals surface area contributed by atoms with Gasteiger partial charge < -0.3 is 10.4 Å². The quantitative estimate of drug-likeness (QED) is 0.590. The molecule has 1 saturated carbocycles. The molecule has 1 aromatic carbocycles. The third-order valence-electron chi connectivity index (χ3n) is 6.44. The van der Waals surface area contributed by atoms with Crippen LogP contribution < -0.4 is 5.32 Å². The minimum absolute atomic E-state index is 0.213. The Labute approximate surface area is 192 Å². The maximum atomic E-state index is 13.0. The van der Waals surface area contributed by atoms with Crippen LogP contribution in [0.4, 0.5) is 0 Å². The van der Waals surface area contributed by atoms with Gasteiger partial charge in [0.1, 0.15) is 12.2 Å². The van der Waals surface area contributed by atoms with E-state index in [2.05, 4.69) is 26.5 Å². The minimum Gasteiger partial charge on any atom is -0.391 e. The predicted octanol–water partition coefficient (Wildman–Crippen LogP) is 3.70. The average Bonchev–Trinajstić information content (AvgIpc) is 3.27. The summed E-state index contributed by atoms with van der Waals surface area (Å²) in [6.07, 6.45) is 7.58. The topological polar surface area (TPSA) is 90.5 Å². The van der Waals surface area contributed by atoms with E-state index in [4.69, 9.17) is 0 Å². The van der Waals surface area contributed by atoms with Gasteiger partial charge in [-0.25, -0.2) is 4.98 Å². The smallest absolute Gasteiger partial charge is 0.270 e. The number of rotatable bonds is 5. The Balaban J connectivity index is 1.40. The fraction of sp³-hybridized carbons (Fsp3) is 0.346. The first-order chi connectivity index (χ1) is 16.1. The Bertz CT molecular complexity index is 1250. The Morgan fingerprint density at radius 2 is 2.03 bits per heavy atom. The van der Waals surface area contributed by atoms with Gasteiger partial charge in [-0.2, -0.15) is 0 Å². The van der Waals surface area contributed by atoms with Gasteiger partial charge in [0, 0.05) is 11.6 Å². The maximum Gasteiger partial charge on any atom is 0.270 e. The summed E-state index contributed by atoms with van der Waals surface area (Å²) in [7, 11) is 1.92. The first kappa shape index (κ1) is 21.4. The third kappa shape index (κ3) is 4.68. The van der Waals surface area contributed by atoms with Crippen LogP contribution in [0.3, 0.4) is 0 Å². The van der Waals surface area contributed by atoms with Crippen LogP contribution in [0.25, 0.3) is 16.5 Å². The molecule has 2 aromatic heterocycles. The number of hydrogen-bond acceptors (Lipinski definition) is 5. The van der Waals surface area contributed by atoms with Crippen molar-refractivity contribution in [3.63, 3.8) is 0 Å². The summed E-state index contributed by atoms with van der Waals surface area (Å²) in [4.78, 5) is 22.3. The number of azo groups is 2. The number of amides is 1. The van der Waals surface area contributed by atoms with Gasteiger partial charge in [-0.15, -0.1) is 0 Å². The number of fused-ring (bicyclic) bond motifs is 1.